The van der Waals surface area contributed by atoms with Gasteiger partial charge in [-0.15, -0.1) is 0 Å². The summed E-state index contributed by atoms with van der Waals surface area (Å²) < 4.78 is 0. The predicted octanol–water partition coefficient (Wildman–Crippen LogP) is 2.18. The lowest BCUT2D eigenvalue weighted by Crippen LogP contribution is -2.36. The van der Waals surface area contributed by atoms with Crippen LogP contribution in [0.4, 0.5) is 0 Å². The Morgan fingerprint density at radius 3 is 2.70 bits per heavy atom. The number of likely N-dealkylation sites (tertiary alicyclic amines) is 2. The third-order valence-electron chi connectivity index (χ3n) is 5.94. The maximum atomic E-state index is 3.57. The van der Waals surface area contributed by atoms with Gasteiger partial charge < -0.3 is 10.2 Å². The van der Waals surface area contributed by atoms with Gasteiger partial charge in [0.05, 0.1) is 0 Å². The Kier molecular flexibility index (Phi) is 5.36. The highest BCUT2D eigenvalue weighted by Gasteiger charge is 2.29. The highest BCUT2D eigenvalue weighted by molar-refractivity contribution is 4.86. The van der Waals surface area contributed by atoms with E-state index in [9.17, 15) is 0 Å². The van der Waals surface area contributed by atoms with E-state index in [-0.39, 0.29) is 0 Å². The molecule has 3 nitrogen and oxygen atoms in total. The lowest BCUT2D eigenvalue weighted by atomic mass is 9.85. The van der Waals surface area contributed by atoms with Gasteiger partial charge in [-0.1, -0.05) is 6.92 Å². The van der Waals surface area contributed by atoms with Crippen LogP contribution in [-0.2, 0) is 0 Å². The first-order valence-corrected chi connectivity index (χ1v) is 9.00. The van der Waals surface area contributed by atoms with Crippen LogP contribution >= 0.6 is 0 Å². The summed E-state index contributed by atoms with van der Waals surface area (Å²) in [6.45, 7) is 11.7. The van der Waals surface area contributed by atoms with E-state index in [1.807, 2.05) is 0 Å². The molecule has 20 heavy (non-hydrogen) atoms. The Hall–Kier alpha value is -0.120. The molecule has 3 atom stereocenters. The van der Waals surface area contributed by atoms with Gasteiger partial charge in [-0.25, -0.2) is 0 Å². The van der Waals surface area contributed by atoms with Crippen LogP contribution in [-0.4, -0.2) is 61.7 Å². The summed E-state index contributed by atoms with van der Waals surface area (Å²) >= 11 is 0. The second-order valence-electron chi connectivity index (χ2n) is 7.36. The topological polar surface area (TPSA) is 18.5 Å². The van der Waals surface area contributed by atoms with Crippen LogP contribution in [0.2, 0.25) is 0 Å². The molecule has 0 radical (unpaired) electrons. The van der Waals surface area contributed by atoms with E-state index in [1.54, 1.807) is 0 Å². The van der Waals surface area contributed by atoms with Crippen molar-refractivity contribution < 1.29 is 0 Å². The van der Waals surface area contributed by atoms with E-state index in [0.717, 1.165) is 17.9 Å². The van der Waals surface area contributed by atoms with E-state index in [2.05, 4.69) is 22.0 Å². The number of nitrogens with one attached hydrogen (secondary N) is 1. The van der Waals surface area contributed by atoms with Gasteiger partial charge >= 0.3 is 0 Å². The summed E-state index contributed by atoms with van der Waals surface area (Å²) in [6, 6.07) is 0.879. The normalized spacial score (nSPS) is 34.6. The summed E-state index contributed by atoms with van der Waals surface area (Å²) in [5, 5.41) is 3.57. The maximum absolute atomic E-state index is 3.57. The minimum absolute atomic E-state index is 0.879. The van der Waals surface area contributed by atoms with Gasteiger partial charge in [0.25, 0.3) is 0 Å². The predicted molar refractivity (Wildman–Crippen MR) is 85.0 cm³/mol. The largest absolute Gasteiger partial charge is 0.316 e. The summed E-state index contributed by atoms with van der Waals surface area (Å²) in [6.07, 6.45) is 8.52. The highest BCUT2D eigenvalue weighted by atomic mass is 15.3. The average Bonchev–Trinajstić information content (AvgIpc) is 3.16. The lowest BCUT2D eigenvalue weighted by molar-refractivity contribution is 0.210. The van der Waals surface area contributed by atoms with E-state index < -0.39 is 0 Å². The molecule has 116 valence electrons. The fraction of sp³-hybridized carbons (Fsp3) is 1.00. The fourth-order valence-electron chi connectivity index (χ4n) is 4.41. The van der Waals surface area contributed by atoms with Gasteiger partial charge in [0, 0.05) is 12.6 Å². The molecule has 0 aliphatic carbocycles. The third-order valence-corrected chi connectivity index (χ3v) is 5.94. The molecular weight excluding hydrogens is 246 g/mol. The molecule has 0 spiro atoms. The van der Waals surface area contributed by atoms with E-state index in [4.69, 9.17) is 0 Å². The Labute approximate surface area is 125 Å². The second-order valence-corrected chi connectivity index (χ2v) is 7.36. The van der Waals surface area contributed by atoms with Crippen molar-refractivity contribution in [2.45, 2.75) is 51.5 Å². The molecule has 3 rings (SSSR count). The fourth-order valence-corrected chi connectivity index (χ4v) is 4.41. The van der Waals surface area contributed by atoms with Crippen LogP contribution in [0.1, 0.15) is 45.4 Å². The molecule has 3 aliphatic rings. The second kappa shape index (κ2) is 7.24. The molecule has 3 unspecified atom stereocenters. The van der Waals surface area contributed by atoms with Crippen molar-refractivity contribution in [3.8, 4) is 0 Å². The van der Waals surface area contributed by atoms with Gasteiger partial charge in [-0.3, -0.25) is 4.90 Å². The zero-order valence-corrected chi connectivity index (χ0v) is 13.3. The number of rotatable bonds is 5. The molecule has 0 aromatic carbocycles. The van der Waals surface area contributed by atoms with Crippen molar-refractivity contribution in [1.82, 2.24) is 15.1 Å². The number of hydrogen-bond donors (Lipinski definition) is 1. The molecule has 3 fully saturated rings. The summed E-state index contributed by atoms with van der Waals surface area (Å²) in [5.41, 5.74) is 0. The van der Waals surface area contributed by atoms with Crippen molar-refractivity contribution in [3.63, 3.8) is 0 Å². The smallest absolute Gasteiger partial charge is 0.0235 e. The molecule has 3 heterocycles. The number of nitrogens with zero attached hydrogens (tertiary/aromatic N) is 2. The van der Waals surface area contributed by atoms with Gasteiger partial charge in [-0.2, -0.15) is 0 Å². The van der Waals surface area contributed by atoms with Crippen LogP contribution in [0.15, 0.2) is 0 Å². The molecule has 3 heteroatoms. The van der Waals surface area contributed by atoms with Gasteiger partial charge in [0.1, 0.15) is 0 Å². The van der Waals surface area contributed by atoms with Crippen molar-refractivity contribution >= 4 is 0 Å². The van der Waals surface area contributed by atoms with Crippen molar-refractivity contribution in [2.24, 2.45) is 11.8 Å². The Bertz CT molecular complexity index is 282. The van der Waals surface area contributed by atoms with Crippen LogP contribution in [0.5, 0.6) is 0 Å². The van der Waals surface area contributed by atoms with E-state index in [0.29, 0.717) is 0 Å². The molecule has 0 bridgehead atoms. The Balaban J connectivity index is 1.36. The van der Waals surface area contributed by atoms with E-state index >= 15 is 0 Å². The zero-order chi connectivity index (χ0) is 13.8. The quantitative estimate of drug-likeness (QED) is 0.832. The number of hydrogen-bond acceptors (Lipinski definition) is 3. The summed E-state index contributed by atoms with van der Waals surface area (Å²) in [4.78, 5) is 5.48. The molecule has 0 aromatic heterocycles. The Morgan fingerprint density at radius 2 is 1.95 bits per heavy atom. The first kappa shape index (κ1) is 14.8. The number of piperidine rings is 1. The maximum Gasteiger partial charge on any atom is 0.0235 e. The van der Waals surface area contributed by atoms with E-state index in [1.165, 1.54) is 84.3 Å². The van der Waals surface area contributed by atoms with Crippen LogP contribution < -0.4 is 5.32 Å². The molecule has 1 N–H and O–H groups in total. The molecule has 0 aromatic rings. The summed E-state index contributed by atoms with van der Waals surface area (Å²) in [5.74, 6) is 1.83. The third kappa shape index (κ3) is 3.75. The standard InChI is InChI=1S/C17H33N3/c1-15(16-5-4-8-18-13-16)6-11-19-12-7-17(14-19)20-9-2-3-10-20/h15-18H,2-14H2,1H3. The van der Waals surface area contributed by atoms with Gasteiger partial charge in [0.15, 0.2) is 0 Å². The molecule has 0 saturated carbocycles. The monoisotopic (exact) mass is 279 g/mol. The van der Waals surface area contributed by atoms with Gasteiger partial charge in [0.2, 0.25) is 0 Å². The molecular formula is C17H33N3. The minimum Gasteiger partial charge on any atom is -0.316 e. The highest BCUT2D eigenvalue weighted by Crippen LogP contribution is 2.25. The van der Waals surface area contributed by atoms with Crippen LogP contribution in [0.3, 0.4) is 0 Å². The molecule has 0 amide bonds. The van der Waals surface area contributed by atoms with Crippen molar-refractivity contribution in [2.75, 3.05) is 45.8 Å². The SMILES string of the molecule is CC(CCN1CCC(N2CCCC2)C1)C1CCCNC1. The van der Waals surface area contributed by atoms with Crippen molar-refractivity contribution in [3.05, 3.63) is 0 Å². The zero-order valence-electron chi connectivity index (χ0n) is 13.3. The van der Waals surface area contributed by atoms with Crippen LogP contribution in [0.25, 0.3) is 0 Å². The Morgan fingerprint density at radius 1 is 1.10 bits per heavy atom. The van der Waals surface area contributed by atoms with Gasteiger partial charge in [-0.05, 0) is 89.6 Å². The molecule has 3 aliphatic heterocycles. The first-order valence-electron chi connectivity index (χ1n) is 9.00. The lowest BCUT2D eigenvalue weighted by Gasteiger charge is -2.30. The van der Waals surface area contributed by atoms with Crippen LogP contribution in [0, 0.1) is 11.8 Å². The first-order chi connectivity index (χ1) is 9.83. The molecule has 3 saturated heterocycles. The summed E-state index contributed by atoms with van der Waals surface area (Å²) in [7, 11) is 0. The minimum atomic E-state index is 0.879. The average molecular weight is 279 g/mol. The van der Waals surface area contributed by atoms with Crippen molar-refractivity contribution in [1.29, 1.82) is 0 Å².